The van der Waals surface area contributed by atoms with Gasteiger partial charge >= 0.3 is 11.7 Å². The molecule has 0 heterocycles. The number of benzene rings is 1. The molecule has 0 saturated heterocycles. The van der Waals surface area contributed by atoms with Crippen LogP contribution in [0.25, 0.3) is 0 Å². The molecule has 0 aliphatic carbocycles. The van der Waals surface area contributed by atoms with Crippen molar-refractivity contribution in [1.29, 1.82) is 0 Å². The van der Waals surface area contributed by atoms with Crippen LogP contribution in [0.5, 0.6) is 5.75 Å². The van der Waals surface area contributed by atoms with Crippen LogP contribution in [-0.2, 0) is 9.53 Å². The van der Waals surface area contributed by atoms with Gasteiger partial charge in [0.05, 0.1) is 18.6 Å². The highest BCUT2D eigenvalue weighted by Crippen LogP contribution is 2.30. The molecule has 1 rings (SSSR count). The first-order valence-corrected chi connectivity index (χ1v) is 5.50. The summed E-state index contributed by atoms with van der Waals surface area (Å²) >= 11 is 0. The van der Waals surface area contributed by atoms with Crippen molar-refractivity contribution in [1.82, 2.24) is 0 Å². The Morgan fingerprint density at radius 3 is 2.78 bits per heavy atom. The third-order valence-electron chi connectivity index (χ3n) is 2.39. The van der Waals surface area contributed by atoms with E-state index in [2.05, 4.69) is 4.74 Å². The Balaban J connectivity index is 2.61. The van der Waals surface area contributed by atoms with E-state index in [4.69, 9.17) is 4.74 Å². The van der Waals surface area contributed by atoms with Gasteiger partial charge in [0.25, 0.3) is 0 Å². The van der Waals surface area contributed by atoms with Gasteiger partial charge in [0.2, 0.25) is 0 Å². The van der Waals surface area contributed by atoms with Crippen molar-refractivity contribution in [3.63, 3.8) is 0 Å². The zero-order valence-corrected chi connectivity index (χ0v) is 10.3. The summed E-state index contributed by atoms with van der Waals surface area (Å²) in [6.45, 7) is 1.98. The average molecular weight is 253 g/mol. The molecule has 0 fully saturated rings. The van der Waals surface area contributed by atoms with Crippen LogP contribution in [0.2, 0.25) is 0 Å². The van der Waals surface area contributed by atoms with Crippen molar-refractivity contribution in [3.05, 3.63) is 33.9 Å². The maximum absolute atomic E-state index is 10.9. The van der Waals surface area contributed by atoms with E-state index in [0.717, 1.165) is 0 Å². The number of ether oxygens (including phenoxy) is 2. The maximum atomic E-state index is 10.9. The zero-order valence-electron chi connectivity index (χ0n) is 10.3. The summed E-state index contributed by atoms with van der Waals surface area (Å²) in [7, 11) is 1.31. The summed E-state index contributed by atoms with van der Waals surface area (Å²) in [5, 5.41) is 10.8. The summed E-state index contributed by atoms with van der Waals surface area (Å²) in [6.07, 6.45) is 0.689. The van der Waals surface area contributed by atoms with Crippen LogP contribution >= 0.6 is 0 Å². The monoisotopic (exact) mass is 253 g/mol. The van der Waals surface area contributed by atoms with Gasteiger partial charge in [-0.1, -0.05) is 12.1 Å². The van der Waals surface area contributed by atoms with Crippen molar-refractivity contribution >= 4 is 11.7 Å². The molecule has 0 aliphatic rings. The number of nitro groups is 1. The predicted molar refractivity (Wildman–Crippen MR) is 64.6 cm³/mol. The van der Waals surface area contributed by atoms with Crippen LogP contribution in [0.1, 0.15) is 18.4 Å². The number of carbonyl (C=O) groups is 1. The Hall–Kier alpha value is -2.11. The number of nitro benzene ring substituents is 1. The Labute approximate surface area is 105 Å². The maximum Gasteiger partial charge on any atom is 0.311 e. The summed E-state index contributed by atoms with van der Waals surface area (Å²) in [4.78, 5) is 21.2. The van der Waals surface area contributed by atoms with Gasteiger partial charge in [0.1, 0.15) is 0 Å². The number of aryl methyl sites for hydroxylation is 1. The molecule has 0 bridgehead atoms. The van der Waals surface area contributed by atoms with Gasteiger partial charge in [-0.25, -0.2) is 0 Å². The van der Waals surface area contributed by atoms with E-state index in [1.807, 2.05) is 0 Å². The van der Waals surface area contributed by atoms with E-state index < -0.39 is 4.92 Å². The van der Waals surface area contributed by atoms with Gasteiger partial charge in [0, 0.05) is 12.5 Å². The van der Waals surface area contributed by atoms with E-state index in [-0.39, 0.29) is 30.4 Å². The van der Waals surface area contributed by atoms with Crippen molar-refractivity contribution < 1.29 is 19.2 Å². The standard InChI is InChI=1S/C12H15NO5/c1-9-5-3-6-10(13(15)16)12(9)18-8-4-7-11(14)17-2/h3,5-6H,4,7-8H2,1-2H3. The number of para-hydroxylation sites is 1. The van der Waals surface area contributed by atoms with Gasteiger partial charge in [-0.05, 0) is 18.9 Å². The molecular formula is C12H15NO5. The molecule has 0 saturated carbocycles. The second-order valence-corrected chi connectivity index (χ2v) is 3.71. The van der Waals surface area contributed by atoms with Crippen LogP contribution in [0, 0.1) is 17.0 Å². The summed E-state index contributed by atoms with van der Waals surface area (Å²) in [6, 6.07) is 4.74. The second-order valence-electron chi connectivity index (χ2n) is 3.71. The molecule has 1 aromatic rings. The molecule has 6 nitrogen and oxygen atoms in total. The van der Waals surface area contributed by atoms with E-state index >= 15 is 0 Å². The molecule has 0 N–H and O–H groups in total. The molecule has 98 valence electrons. The minimum Gasteiger partial charge on any atom is -0.487 e. The van der Waals surface area contributed by atoms with Crippen LogP contribution in [0.15, 0.2) is 18.2 Å². The second kappa shape index (κ2) is 6.58. The van der Waals surface area contributed by atoms with E-state index in [1.54, 1.807) is 19.1 Å². The fourth-order valence-electron chi connectivity index (χ4n) is 1.46. The largest absolute Gasteiger partial charge is 0.487 e. The first-order chi connectivity index (χ1) is 8.56. The summed E-state index contributed by atoms with van der Waals surface area (Å²) in [5.41, 5.74) is 0.635. The number of nitrogens with zero attached hydrogens (tertiary/aromatic N) is 1. The number of carbonyl (C=O) groups excluding carboxylic acids is 1. The fourth-order valence-corrected chi connectivity index (χ4v) is 1.46. The number of hydrogen-bond donors (Lipinski definition) is 0. The van der Waals surface area contributed by atoms with Crippen molar-refractivity contribution in [2.45, 2.75) is 19.8 Å². The van der Waals surface area contributed by atoms with Crippen molar-refractivity contribution in [2.75, 3.05) is 13.7 Å². The SMILES string of the molecule is COC(=O)CCCOc1c(C)cccc1[N+](=O)[O-]. The lowest BCUT2D eigenvalue weighted by molar-refractivity contribution is -0.385. The van der Waals surface area contributed by atoms with Crippen LogP contribution < -0.4 is 4.74 Å². The highest BCUT2D eigenvalue weighted by Gasteiger charge is 2.16. The molecule has 0 aliphatic heterocycles. The molecule has 0 amide bonds. The predicted octanol–water partition coefficient (Wildman–Crippen LogP) is 2.24. The topological polar surface area (TPSA) is 78.7 Å². The molecule has 1 aromatic carbocycles. The van der Waals surface area contributed by atoms with Gasteiger partial charge in [-0.3, -0.25) is 14.9 Å². The van der Waals surface area contributed by atoms with Gasteiger partial charge in [-0.2, -0.15) is 0 Å². The number of methoxy groups -OCH3 is 1. The minimum atomic E-state index is -0.483. The number of hydrogen-bond acceptors (Lipinski definition) is 5. The van der Waals surface area contributed by atoms with Gasteiger partial charge in [0.15, 0.2) is 5.75 Å². The normalized spacial score (nSPS) is 9.89. The lowest BCUT2D eigenvalue weighted by atomic mass is 10.2. The van der Waals surface area contributed by atoms with Crippen LogP contribution in [0.4, 0.5) is 5.69 Å². The van der Waals surface area contributed by atoms with Crippen molar-refractivity contribution in [2.24, 2.45) is 0 Å². The van der Waals surface area contributed by atoms with E-state index in [1.165, 1.54) is 13.2 Å². The molecule has 0 atom stereocenters. The number of esters is 1. The average Bonchev–Trinajstić information content (AvgIpc) is 2.35. The highest BCUT2D eigenvalue weighted by molar-refractivity contribution is 5.69. The first-order valence-electron chi connectivity index (χ1n) is 5.50. The molecule has 18 heavy (non-hydrogen) atoms. The van der Waals surface area contributed by atoms with E-state index in [0.29, 0.717) is 12.0 Å². The third-order valence-corrected chi connectivity index (χ3v) is 2.39. The number of rotatable bonds is 6. The quantitative estimate of drug-likeness (QED) is 0.336. The Morgan fingerprint density at radius 1 is 1.44 bits per heavy atom. The third kappa shape index (κ3) is 3.73. The van der Waals surface area contributed by atoms with Crippen LogP contribution in [-0.4, -0.2) is 24.6 Å². The lowest BCUT2D eigenvalue weighted by Gasteiger charge is -2.08. The molecule has 0 unspecified atom stereocenters. The molecule has 0 radical (unpaired) electrons. The zero-order chi connectivity index (χ0) is 13.5. The molecule has 0 aromatic heterocycles. The molecular weight excluding hydrogens is 238 g/mol. The van der Waals surface area contributed by atoms with E-state index in [9.17, 15) is 14.9 Å². The Kier molecular flexibility index (Phi) is 5.10. The van der Waals surface area contributed by atoms with Gasteiger partial charge in [-0.15, -0.1) is 0 Å². The molecule has 0 spiro atoms. The van der Waals surface area contributed by atoms with Gasteiger partial charge < -0.3 is 9.47 Å². The van der Waals surface area contributed by atoms with Crippen LogP contribution in [0.3, 0.4) is 0 Å². The first kappa shape index (κ1) is 14.0. The molecule has 6 heteroatoms. The summed E-state index contributed by atoms with van der Waals surface area (Å²) < 4.78 is 9.86. The Morgan fingerprint density at radius 2 is 2.17 bits per heavy atom. The fraction of sp³-hybridized carbons (Fsp3) is 0.417. The minimum absolute atomic E-state index is 0.0620. The van der Waals surface area contributed by atoms with Crippen molar-refractivity contribution in [3.8, 4) is 5.75 Å². The summed E-state index contributed by atoms with van der Waals surface area (Å²) in [5.74, 6) is -0.0646. The Bertz CT molecular complexity index is 444. The smallest absolute Gasteiger partial charge is 0.311 e. The highest BCUT2D eigenvalue weighted by atomic mass is 16.6. The lowest BCUT2D eigenvalue weighted by Crippen LogP contribution is -2.06.